The van der Waals surface area contributed by atoms with Crippen LogP contribution in [0.1, 0.15) is 24.8 Å². The monoisotopic (exact) mass is 333 g/mol. The zero-order valence-electron chi connectivity index (χ0n) is 9.88. The third-order valence-electron chi connectivity index (χ3n) is 3.32. The van der Waals surface area contributed by atoms with Crippen LogP contribution < -0.4 is 5.32 Å². The molecule has 0 spiro atoms. The van der Waals surface area contributed by atoms with Crippen LogP contribution in [-0.4, -0.2) is 17.5 Å². The van der Waals surface area contributed by atoms with E-state index in [0.717, 1.165) is 21.3 Å². The number of hydrogen-bond donors (Lipinski definition) is 1. The summed E-state index contributed by atoms with van der Waals surface area (Å²) >= 11 is 11.6. The van der Waals surface area contributed by atoms with Gasteiger partial charge in [-0.1, -0.05) is 34.0 Å². The van der Waals surface area contributed by atoms with Gasteiger partial charge in [0, 0.05) is 27.3 Å². The molecule has 1 aromatic carbocycles. The highest BCUT2D eigenvalue weighted by molar-refractivity contribution is 9.10. The maximum atomic E-state index is 6.19. The number of nitrogens with one attached hydrogen (secondary N) is 1. The molecule has 17 heavy (non-hydrogen) atoms. The lowest BCUT2D eigenvalue weighted by Crippen LogP contribution is -2.33. The maximum Gasteiger partial charge on any atom is 0.0451 e. The quantitative estimate of drug-likeness (QED) is 0.871. The highest BCUT2D eigenvalue weighted by atomic mass is 79.9. The molecule has 0 radical (unpaired) electrons. The van der Waals surface area contributed by atoms with Crippen LogP contribution in [-0.2, 0) is 6.54 Å². The van der Waals surface area contributed by atoms with Crippen molar-refractivity contribution in [3.63, 3.8) is 0 Å². The smallest absolute Gasteiger partial charge is 0.0451 e. The van der Waals surface area contributed by atoms with Gasteiger partial charge in [-0.2, -0.15) is 11.8 Å². The van der Waals surface area contributed by atoms with Crippen molar-refractivity contribution in [1.82, 2.24) is 5.32 Å². The fraction of sp³-hybridized carbons (Fsp3) is 0.538. The fourth-order valence-corrected chi connectivity index (χ4v) is 3.92. The molecule has 0 bridgehead atoms. The Morgan fingerprint density at radius 1 is 1.47 bits per heavy atom. The van der Waals surface area contributed by atoms with Crippen LogP contribution in [0, 0.1) is 0 Å². The number of halogens is 2. The van der Waals surface area contributed by atoms with Crippen LogP contribution in [0.15, 0.2) is 22.7 Å². The minimum atomic E-state index is 0.639. The van der Waals surface area contributed by atoms with E-state index in [2.05, 4.69) is 33.6 Å². The van der Waals surface area contributed by atoms with Crippen LogP contribution in [0.4, 0.5) is 0 Å². The first kappa shape index (κ1) is 13.7. The van der Waals surface area contributed by atoms with Crippen molar-refractivity contribution >= 4 is 39.3 Å². The molecule has 0 saturated heterocycles. The molecule has 2 atom stereocenters. The number of thioether (sulfide) groups is 1. The molecule has 1 nitrogen and oxygen atoms in total. The molecule has 0 heterocycles. The molecule has 0 aromatic heterocycles. The zero-order valence-corrected chi connectivity index (χ0v) is 13.0. The molecule has 2 rings (SSSR count). The van der Waals surface area contributed by atoms with Gasteiger partial charge in [0.2, 0.25) is 0 Å². The molecule has 1 saturated carbocycles. The summed E-state index contributed by atoms with van der Waals surface area (Å²) < 4.78 is 1.09. The van der Waals surface area contributed by atoms with Crippen molar-refractivity contribution in [2.45, 2.75) is 37.1 Å². The molecule has 1 fully saturated rings. The second-order valence-electron chi connectivity index (χ2n) is 4.43. The van der Waals surface area contributed by atoms with Gasteiger partial charge < -0.3 is 5.32 Å². The molecule has 2 unspecified atom stereocenters. The lowest BCUT2D eigenvalue weighted by molar-refractivity contribution is 0.532. The van der Waals surface area contributed by atoms with Gasteiger partial charge in [0.05, 0.1) is 0 Å². The van der Waals surface area contributed by atoms with E-state index in [4.69, 9.17) is 11.6 Å². The van der Waals surface area contributed by atoms with E-state index in [-0.39, 0.29) is 0 Å². The standard InChI is InChI=1S/C13H17BrClNS/c1-17-13-4-2-3-12(13)16-8-9-7-10(14)5-6-11(9)15/h5-7,12-13,16H,2-4,8H2,1H3. The van der Waals surface area contributed by atoms with Crippen molar-refractivity contribution in [2.75, 3.05) is 6.26 Å². The normalized spacial score (nSPS) is 24.2. The van der Waals surface area contributed by atoms with Crippen molar-refractivity contribution in [2.24, 2.45) is 0 Å². The van der Waals surface area contributed by atoms with Crippen LogP contribution in [0.3, 0.4) is 0 Å². The van der Waals surface area contributed by atoms with Gasteiger partial charge in [-0.15, -0.1) is 0 Å². The van der Waals surface area contributed by atoms with E-state index >= 15 is 0 Å². The van der Waals surface area contributed by atoms with Crippen molar-refractivity contribution in [3.8, 4) is 0 Å². The summed E-state index contributed by atoms with van der Waals surface area (Å²) in [6.07, 6.45) is 6.17. The summed E-state index contributed by atoms with van der Waals surface area (Å²) in [5.74, 6) is 0. The zero-order chi connectivity index (χ0) is 12.3. The fourth-order valence-electron chi connectivity index (χ4n) is 2.36. The first-order valence-corrected chi connectivity index (χ1v) is 8.36. The SMILES string of the molecule is CSC1CCCC1NCc1cc(Br)ccc1Cl. The molecule has 4 heteroatoms. The maximum absolute atomic E-state index is 6.19. The Bertz CT molecular complexity index is 386. The van der Waals surface area contributed by atoms with Gasteiger partial charge in [0.15, 0.2) is 0 Å². The lowest BCUT2D eigenvalue weighted by Gasteiger charge is -2.19. The summed E-state index contributed by atoms with van der Waals surface area (Å²) in [6.45, 7) is 0.861. The summed E-state index contributed by atoms with van der Waals surface area (Å²) in [5.41, 5.74) is 1.17. The first-order valence-electron chi connectivity index (χ1n) is 5.91. The average Bonchev–Trinajstić information content (AvgIpc) is 2.77. The number of rotatable bonds is 4. The summed E-state index contributed by atoms with van der Waals surface area (Å²) in [7, 11) is 0. The van der Waals surface area contributed by atoms with E-state index in [1.165, 1.54) is 24.8 Å². The highest BCUT2D eigenvalue weighted by Crippen LogP contribution is 2.29. The van der Waals surface area contributed by atoms with Gasteiger partial charge in [-0.3, -0.25) is 0 Å². The van der Waals surface area contributed by atoms with E-state index in [9.17, 15) is 0 Å². The van der Waals surface area contributed by atoms with Gasteiger partial charge >= 0.3 is 0 Å². The minimum absolute atomic E-state index is 0.639. The largest absolute Gasteiger partial charge is 0.309 e. The molecule has 94 valence electrons. The first-order chi connectivity index (χ1) is 8.20. The highest BCUT2D eigenvalue weighted by Gasteiger charge is 2.25. The molecular weight excluding hydrogens is 318 g/mol. The summed E-state index contributed by atoms with van der Waals surface area (Å²) in [4.78, 5) is 0. The second-order valence-corrected chi connectivity index (χ2v) is 6.83. The van der Waals surface area contributed by atoms with Gasteiger partial charge in [-0.05, 0) is 42.9 Å². The van der Waals surface area contributed by atoms with Crippen molar-refractivity contribution in [3.05, 3.63) is 33.3 Å². The van der Waals surface area contributed by atoms with E-state index < -0.39 is 0 Å². The molecule has 1 N–H and O–H groups in total. The molecule has 1 aromatic rings. The van der Waals surface area contributed by atoms with Crippen molar-refractivity contribution in [1.29, 1.82) is 0 Å². The second kappa shape index (κ2) is 6.46. The molecule has 0 aliphatic heterocycles. The molecule has 1 aliphatic rings. The van der Waals surface area contributed by atoms with Crippen LogP contribution >= 0.6 is 39.3 Å². The Kier molecular flexibility index (Phi) is 5.22. The van der Waals surface area contributed by atoms with Crippen LogP contribution in [0.5, 0.6) is 0 Å². The third kappa shape index (κ3) is 3.63. The van der Waals surface area contributed by atoms with Crippen LogP contribution in [0.25, 0.3) is 0 Å². The van der Waals surface area contributed by atoms with Gasteiger partial charge in [0.25, 0.3) is 0 Å². The van der Waals surface area contributed by atoms with E-state index in [0.29, 0.717) is 6.04 Å². The van der Waals surface area contributed by atoms with Crippen LogP contribution in [0.2, 0.25) is 5.02 Å². The van der Waals surface area contributed by atoms with E-state index in [1.54, 1.807) is 0 Å². The van der Waals surface area contributed by atoms with E-state index in [1.807, 2.05) is 23.9 Å². The molecular formula is C13H17BrClNS. The Labute approximate surface area is 121 Å². The average molecular weight is 335 g/mol. The van der Waals surface area contributed by atoms with Gasteiger partial charge in [0.1, 0.15) is 0 Å². The molecule has 0 amide bonds. The van der Waals surface area contributed by atoms with Gasteiger partial charge in [-0.25, -0.2) is 0 Å². The topological polar surface area (TPSA) is 12.0 Å². The Hall–Kier alpha value is 0.300. The third-order valence-corrected chi connectivity index (χ3v) is 5.35. The predicted molar refractivity (Wildman–Crippen MR) is 80.9 cm³/mol. The Balaban J connectivity index is 1.95. The summed E-state index contributed by atoms with van der Waals surface area (Å²) in [6, 6.07) is 6.66. The Morgan fingerprint density at radius 2 is 2.29 bits per heavy atom. The lowest BCUT2D eigenvalue weighted by atomic mass is 10.2. The predicted octanol–water partition coefficient (Wildman–Crippen LogP) is 4.48. The molecule has 1 aliphatic carbocycles. The number of benzene rings is 1. The number of hydrogen-bond acceptors (Lipinski definition) is 2. The van der Waals surface area contributed by atoms with Crippen molar-refractivity contribution < 1.29 is 0 Å². The Morgan fingerprint density at radius 3 is 3.06 bits per heavy atom. The minimum Gasteiger partial charge on any atom is -0.309 e. The summed E-state index contributed by atoms with van der Waals surface area (Å²) in [5, 5.41) is 5.25.